The average Bonchev–Trinajstić information content (AvgIpc) is 3.43. The highest BCUT2D eigenvalue weighted by Gasteiger charge is 2.30. The number of carbonyl (C=O) groups is 1. The molecule has 3 aromatic heterocycles. The molecule has 1 saturated carbocycles. The molecule has 3 heterocycles. The van der Waals surface area contributed by atoms with Crippen molar-refractivity contribution in [2.75, 3.05) is 0 Å². The number of benzene rings is 2. The highest BCUT2D eigenvalue weighted by Crippen LogP contribution is 2.37. The van der Waals surface area contributed by atoms with Crippen LogP contribution >= 0.6 is 11.6 Å². The van der Waals surface area contributed by atoms with Gasteiger partial charge in [-0.2, -0.15) is 5.10 Å². The minimum Gasteiger partial charge on any atom is -0.453 e. The van der Waals surface area contributed by atoms with Gasteiger partial charge in [-0.1, -0.05) is 11.6 Å². The number of nitrogens with zero attached hydrogens (tertiary/aromatic N) is 5. The molecule has 0 aliphatic heterocycles. The molecule has 1 atom stereocenters. The third-order valence-corrected chi connectivity index (χ3v) is 6.13. The van der Waals surface area contributed by atoms with E-state index in [-0.39, 0.29) is 33.9 Å². The molecule has 1 N–H and O–H groups in total. The number of aryl methyl sites for hydroxylation is 1. The van der Waals surface area contributed by atoms with Crippen LogP contribution in [-0.4, -0.2) is 35.5 Å². The molecule has 6 rings (SSSR count). The molecule has 10 heteroatoms. The summed E-state index contributed by atoms with van der Waals surface area (Å²) in [7, 11) is 0. The summed E-state index contributed by atoms with van der Waals surface area (Å²) in [6.07, 6.45) is 6.42. The second kappa shape index (κ2) is 7.35. The third-order valence-electron chi connectivity index (χ3n) is 5.77. The van der Waals surface area contributed by atoms with Gasteiger partial charge in [0.15, 0.2) is 17.3 Å². The lowest BCUT2D eigenvalue weighted by atomic mass is 9.91. The maximum atomic E-state index is 14.9. The summed E-state index contributed by atoms with van der Waals surface area (Å²) in [6.45, 7) is 1.75. The first kappa shape index (κ1) is 19.8. The zero-order valence-corrected chi connectivity index (χ0v) is 18.1. The van der Waals surface area contributed by atoms with E-state index in [0.29, 0.717) is 34.5 Å². The van der Waals surface area contributed by atoms with Gasteiger partial charge in [0.05, 0.1) is 29.1 Å². The van der Waals surface area contributed by atoms with Crippen LogP contribution in [0.5, 0.6) is 11.5 Å². The topological polar surface area (TPSA) is 98.6 Å². The van der Waals surface area contributed by atoms with E-state index >= 15 is 0 Å². The predicted octanol–water partition coefficient (Wildman–Crippen LogP) is 5.17. The highest BCUT2D eigenvalue weighted by molar-refractivity contribution is 6.36. The molecule has 8 nitrogen and oxygen atoms in total. The van der Waals surface area contributed by atoms with Crippen LogP contribution in [0.1, 0.15) is 24.7 Å². The molecule has 2 aromatic carbocycles. The summed E-state index contributed by atoms with van der Waals surface area (Å²) in [6, 6.07) is 6.35. The van der Waals surface area contributed by atoms with E-state index in [0.717, 1.165) is 12.0 Å². The number of aromatic nitrogens is 6. The molecule has 33 heavy (non-hydrogen) atoms. The number of hydrogen-bond acceptors (Lipinski definition) is 6. The zero-order valence-electron chi connectivity index (χ0n) is 17.3. The summed E-state index contributed by atoms with van der Waals surface area (Å²) in [5, 5.41) is 4.51. The van der Waals surface area contributed by atoms with Gasteiger partial charge in [0, 0.05) is 18.2 Å². The molecule has 5 aromatic rings. The van der Waals surface area contributed by atoms with Gasteiger partial charge in [-0.25, -0.2) is 14.4 Å². The number of halogens is 2. The molecule has 1 unspecified atom stereocenters. The van der Waals surface area contributed by atoms with Crippen LogP contribution < -0.4 is 4.74 Å². The number of fused-ring (bicyclic) bond motifs is 2. The van der Waals surface area contributed by atoms with Gasteiger partial charge >= 0.3 is 0 Å². The van der Waals surface area contributed by atoms with E-state index in [1.54, 1.807) is 48.4 Å². The Bertz CT molecular complexity index is 1580. The van der Waals surface area contributed by atoms with Crippen LogP contribution in [0.2, 0.25) is 5.02 Å². The van der Waals surface area contributed by atoms with E-state index in [2.05, 4.69) is 25.0 Å². The zero-order chi connectivity index (χ0) is 22.7. The van der Waals surface area contributed by atoms with Gasteiger partial charge in [0.1, 0.15) is 33.7 Å². The summed E-state index contributed by atoms with van der Waals surface area (Å²) in [5.41, 5.74) is 3.04. The van der Waals surface area contributed by atoms with Crippen molar-refractivity contribution in [3.8, 4) is 22.8 Å². The van der Waals surface area contributed by atoms with Gasteiger partial charge in [0.2, 0.25) is 0 Å². The Labute approximate surface area is 191 Å². The van der Waals surface area contributed by atoms with Crippen LogP contribution in [0.25, 0.3) is 33.3 Å². The smallest absolute Gasteiger partial charge is 0.193 e. The monoisotopic (exact) mass is 462 g/mol. The maximum absolute atomic E-state index is 14.9. The van der Waals surface area contributed by atoms with Crippen molar-refractivity contribution in [3.63, 3.8) is 0 Å². The number of ketones is 1. The third kappa shape index (κ3) is 3.23. The lowest BCUT2D eigenvalue weighted by Crippen LogP contribution is -2.29. The van der Waals surface area contributed by atoms with Crippen LogP contribution in [0.15, 0.2) is 42.9 Å². The molecular formula is C23H16ClFN6O2. The Morgan fingerprint density at radius 2 is 2.00 bits per heavy atom. The number of H-pyrrole nitrogens is 1. The Kier molecular flexibility index (Phi) is 4.41. The first-order chi connectivity index (χ1) is 16.0. The summed E-state index contributed by atoms with van der Waals surface area (Å²) in [5.74, 6) is 0.459. The number of aromatic amines is 1. The number of rotatable bonds is 4. The van der Waals surface area contributed by atoms with Crippen LogP contribution in [0.4, 0.5) is 4.39 Å². The van der Waals surface area contributed by atoms with Gasteiger partial charge < -0.3 is 9.72 Å². The summed E-state index contributed by atoms with van der Waals surface area (Å²) in [4.78, 5) is 28.0. The standard InChI is InChI=1S/C23H16ClFN6O2/c1-11-28-14-3-7-19(21(25)23(14)29-11)33-18-6-2-13-22(20(18)24)30-15(9-26-13)12-8-27-31(10-12)16-4-5-17(16)32/h2-3,6-10,16H,4-5H2,1H3,(H,28,29). The van der Waals surface area contributed by atoms with Crippen LogP contribution in [0.3, 0.4) is 0 Å². The summed E-state index contributed by atoms with van der Waals surface area (Å²) < 4.78 is 22.4. The van der Waals surface area contributed by atoms with Gasteiger partial charge in [0.25, 0.3) is 0 Å². The molecular weight excluding hydrogens is 447 g/mol. The molecule has 164 valence electrons. The van der Waals surface area contributed by atoms with Crippen molar-refractivity contribution in [3.05, 3.63) is 59.5 Å². The Balaban J connectivity index is 1.37. The van der Waals surface area contributed by atoms with E-state index in [9.17, 15) is 9.18 Å². The largest absolute Gasteiger partial charge is 0.453 e. The number of carbonyl (C=O) groups excluding carboxylic acids is 1. The number of hydrogen-bond donors (Lipinski definition) is 1. The van der Waals surface area contributed by atoms with Crippen molar-refractivity contribution in [2.24, 2.45) is 0 Å². The maximum Gasteiger partial charge on any atom is 0.193 e. The Morgan fingerprint density at radius 1 is 1.15 bits per heavy atom. The van der Waals surface area contributed by atoms with Crippen molar-refractivity contribution in [1.82, 2.24) is 29.7 Å². The molecule has 0 amide bonds. The molecule has 0 radical (unpaired) electrons. The van der Waals surface area contributed by atoms with Crippen molar-refractivity contribution in [2.45, 2.75) is 25.8 Å². The lowest BCUT2D eigenvalue weighted by molar-refractivity contribution is -0.128. The van der Waals surface area contributed by atoms with Crippen LogP contribution in [-0.2, 0) is 4.79 Å². The van der Waals surface area contributed by atoms with Gasteiger partial charge in [-0.15, -0.1) is 0 Å². The fourth-order valence-corrected chi connectivity index (χ4v) is 4.14. The minimum atomic E-state index is -0.578. The summed E-state index contributed by atoms with van der Waals surface area (Å²) >= 11 is 6.59. The highest BCUT2D eigenvalue weighted by atomic mass is 35.5. The Morgan fingerprint density at radius 3 is 2.79 bits per heavy atom. The lowest BCUT2D eigenvalue weighted by Gasteiger charge is -2.23. The van der Waals surface area contributed by atoms with Gasteiger partial charge in [-0.3, -0.25) is 14.5 Å². The average molecular weight is 463 g/mol. The molecule has 0 bridgehead atoms. The van der Waals surface area contributed by atoms with E-state index in [1.807, 2.05) is 0 Å². The Hall–Kier alpha value is -3.85. The van der Waals surface area contributed by atoms with E-state index < -0.39 is 5.82 Å². The van der Waals surface area contributed by atoms with Crippen molar-refractivity contribution < 1.29 is 13.9 Å². The van der Waals surface area contributed by atoms with E-state index in [1.165, 1.54) is 6.07 Å². The molecule has 1 aliphatic rings. The number of ether oxygens (including phenoxy) is 1. The fraction of sp³-hybridized carbons (Fsp3) is 0.174. The van der Waals surface area contributed by atoms with Crippen molar-refractivity contribution in [1.29, 1.82) is 0 Å². The second-order valence-corrected chi connectivity index (χ2v) is 8.31. The first-order valence-electron chi connectivity index (χ1n) is 10.3. The quantitative estimate of drug-likeness (QED) is 0.395. The first-order valence-corrected chi connectivity index (χ1v) is 10.7. The second-order valence-electron chi connectivity index (χ2n) is 7.93. The number of nitrogens with one attached hydrogen (secondary N) is 1. The molecule has 0 saturated heterocycles. The fourth-order valence-electron chi connectivity index (χ4n) is 3.90. The SMILES string of the molecule is Cc1nc2c(F)c(Oc3ccc4ncc(-c5cnn(C6CCC6=O)c5)nc4c3Cl)ccc2[nH]1. The number of Topliss-reactive ketones (excluding diaryl/α,β-unsaturated/α-hetero) is 1. The molecule has 1 fully saturated rings. The van der Waals surface area contributed by atoms with Crippen LogP contribution in [0, 0.1) is 12.7 Å². The normalized spacial score (nSPS) is 15.8. The minimum absolute atomic E-state index is 0.00538. The van der Waals surface area contributed by atoms with Crippen molar-refractivity contribution >= 4 is 39.5 Å². The molecule has 0 spiro atoms. The predicted molar refractivity (Wildman–Crippen MR) is 120 cm³/mol. The number of imidazole rings is 1. The van der Waals surface area contributed by atoms with Gasteiger partial charge in [-0.05, 0) is 37.6 Å². The molecule has 1 aliphatic carbocycles. The van der Waals surface area contributed by atoms with E-state index in [4.69, 9.17) is 16.3 Å².